The summed E-state index contributed by atoms with van der Waals surface area (Å²) >= 11 is 0. The molecule has 0 aliphatic heterocycles. The zero-order chi connectivity index (χ0) is 10.8. The topological polar surface area (TPSA) is 50.4 Å². The molecular formula is C10H22N2O2. The Kier molecular flexibility index (Phi) is 8.33. The van der Waals surface area contributed by atoms with Gasteiger partial charge < -0.3 is 15.4 Å². The van der Waals surface area contributed by atoms with E-state index in [1.54, 1.807) is 0 Å². The third kappa shape index (κ3) is 7.86. The minimum absolute atomic E-state index is 0.219. The van der Waals surface area contributed by atoms with Crippen molar-refractivity contribution in [3.8, 4) is 0 Å². The van der Waals surface area contributed by atoms with Crippen LogP contribution >= 0.6 is 0 Å². The number of unbranched alkanes of at least 4 members (excludes halogenated alkanes) is 1. The van der Waals surface area contributed by atoms with Gasteiger partial charge >= 0.3 is 6.09 Å². The highest BCUT2D eigenvalue weighted by molar-refractivity contribution is 5.67. The Morgan fingerprint density at radius 3 is 2.71 bits per heavy atom. The van der Waals surface area contributed by atoms with Crippen LogP contribution in [0, 0.1) is 0 Å². The molecule has 1 unspecified atom stereocenters. The van der Waals surface area contributed by atoms with Crippen molar-refractivity contribution in [2.75, 3.05) is 19.7 Å². The Balaban J connectivity index is 3.34. The van der Waals surface area contributed by atoms with E-state index in [2.05, 4.69) is 17.6 Å². The van der Waals surface area contributed by atoms with Crippen LogP contribution < -0.4 is 10.6 Å². The Bertz CT molecular complexity index is 151. The molecule has 0 heterocycles. The largest absolute Gasteiger partial charge is 0.448 e. The summed E-state index contributed by atoms with van der Waals surface area (Å²) < 4.78 is 4.99. The molecule has 0 saturated carbocycles. The molecule has 0 bridgehead atoms. The Morgan fingerprint density at radius 1 is 1.43 bits per heavy atom. The van der Waals surface area contributed by atoms with E-state index in [1.165, 1.54) is 0 Å². The number of amides is 1. The summed E-state index contributed by atoms with van der Waals surface area (Å²) in [4.78, 5) is 11.1. The highest BCUT2D eigenvalue weighted by Crippen LogP contribution is 1.87. The number of hydrogen-bond acceptors (Lipinski definition) is 3. The van der Waals surface area contributed by atoms with E-state index in [0.29, 0.717) is 13.2 Å². The predicted octanol–water partition coefficient (Wildman–Crippen LogP) is 1.51. The maximum absolute atomic E-state index is 11.1. The Labute approximate surface area is 86.4 Å². The van der Waals surface area contributed by atoms with E-state index in [0.717, 1.165) is 19.4 Å². The van der Waals surface area contributed by atoms with Crippen molar-refractivity contribution in [3.05, 3.63) is 0 Å². The second-order valence-electron chi connectivity index (χ2n) is 3.34. The van der Waals surface area contributed by atoms with Gasteiger partial charge in [-0.2, -0.15) is 0 Å². The van der Waals surface area contributed by atoms with Gasteiger partial charge in [0.15, 0.2) is 0 Å². The summed E-state index contributed by atoms with van der Waals surface area (Å²) in [7, 11) is 0. The third-order valence-corrected chi connectivity index (χ3v) is 1.82. The van der Waals surface area contributed by atoms with E-state index < -0.39 is 0 Å². The van der Waals surface area contributed by atoms with Gasteiger partial charge in [-0.25, -0.2) is 4.79 Å². The molecule has 0 aromatic rings. The van der Waals surface area contributed by atoms with Gasteiger partial charge in [-0.15, -0.1) is 0 Å². The maximum atomic E-state index is 11.1. The minimum Gasteiger partial charge on any atom is -0.448 e. The lowest BCUT2D eigenvalue weighted by Crippen LogP contribution is -2.34. The average molecular weight is 202 g/mol. The molecule has 0 fully saturated rings. The normalized spacial score (nSPS) is 12.2. The predicted molar refractivity (Wildman–Crippen MR) is 57.4 cm³/mol. The number of carbonyl (C=O) groups is 1. The van der Waals surface area contributed by atoms with Crippen molar-refractivity contribution >= 4 is 6.09 Å². The molecule has 0 aromatic heterocycles. The van der Waals surface area contributed by atoms with Gasteiger partial charge in [0.2, 0.25) is 0 Å². The number of rotatable bonds is 7. The van der Waals surface area contributed by atoms with Gasteiger partial charge in [-0.05, 0) is 19.9 Å². The molecular weight excluding hydrogens is 180 g/mol. The average Bonchev–Trinajstić information content (AvgIpc) is 2.16. The number of ether oxygens (including phenoxy) is 1. The minimum atomic E-state index is -0.316. The molecule has 0 aromatic carbocycles. The zero-order valence-electron chi connectivity index (χ0n) is 9.43. The van der Waals surface area contributed by atoms with Crippen LogP contribution in [0.3, 0.4) is 0 Å². The van der Waals surface area contributed by atoms with Crippen LogP contribution in [0.25, 0.3) is 0 Å². The van der Waals surface area contributed by atoms with E-state index in [-0.39, 0.29) is 12.1 Å². The van der Waals surface area contributed by atoms with Crippen molar-refractivity contribution < 1.29 is 9.53 Å². The molecule has 0 spiro atoms. The van der Waals surface area contributed by atoms with Crippen molar-refractivity contribution in [2.45, 2.75) is 39.7 Å². The highest BCUT2D eigenvalue weighted by atomic mass is 16.5. The Hall–Kier alpha value is -0.770. The summed E-state index contributed by atoms with van der Waals surface area (Å²) in [5.74, 6) is 0. The van der Waals surface area contributed by atoms with Crippen LogP contribution in [0.15, 0.2) is 0 Å². The summed E-state index contributed by atoms with van der Waals surface area (Å²) in [6.45, 7) is 8.11. The fourth-order valence-electron chi connectivity index (χ4n) is 1.03. The third-order valence-electron chi connectivity index (χ3n) is 1.82. The first kappa shape index (κ1) is 13.2. The number of hydrogen-bond donors (Lipinski definition) is 2. The molecule has 1 atom stereocenters. The van der Waals surface area contributed by atoms with Gasteiger partial charge in [-0.1, -0.05) is 20.3 Å². The molecule has 1 amide bonds. The second kappa shape index (κ2) is 8.81. The van der Waals surface area contributed by atoms with Gasteiger partial charge in [-0.3, -0.25) is 0 Å². The molecule has 0 saturated heterocycles. The standard InChI is InChI=1S/C10H22N2O2/c1-4-6-7-12-10(13)14-8-9(3)11-5-2/h9,11H,4-8H2,1-3H3,(H,12,13). The molecule has 0 radical (unpaired) electrons. The fourth-order valence-corrected chi connectivity index (χ4v) is 1.03. The Morgan fingerprint density at radius 2 is 2.14 bits per heavy atom. The van der Waals surface area contributed by atoms with Crippen molar-refractivity contribution in [2.24, 2.45) is 0 Å². The van der Waals surface area contributed by atoms with Crippen molar-refractivity contribution in [1.82, 2.24) is 10.6 Å². The van der Waals surface area contributed by atoms with Crippen molar-refractivity contribution in [1.29, 1.82) is 0 Å². The molecule has 2 N–H and O–H groups in total. The first-order valence-corrected chi connectivity index (χ1v) is 5.34. The molecule has 0 aliphatic carbocycles. The van der Waals surface area contributed by atoms with Gasteiger partial charge in [0.1, 0.15) is 6.61 Å². The molecule has 14 heavy (non-hydrogen) atoms. The van der Waals surface area contributed by atoms with Crippen LogP contribution in [0.1, 0.15) is 33.6 Å². The quantitative estimate of drug-likeness (QED) is 0.615. The molecule has 0 aliphatic rings. The van der Waals surface area contributed by atoms with Crippen LogP contribution in [-0.4, -0.2) is 31.8 Å². The first-order chi connectivity index (χ1) is 6.70. The smallest absolute Gasteiger partial charge is 0.407 e. The van der Waals surface area contributed by atoms with E-state index in [9.17, 15) is 4.79 Å². The van der Waals surface area contributed by atoms with Gasteiger partial charge in [0.25, 0.3) is 0 Å². The van der Waals surface area contributed by atoms with Crippen LogP contribution in [0.2, 0.25) is 0 Å². The molecule has 4 nitrogen and oxygen atoms in total. The number of likely N-dealkylation sites (N-methyl/N-ethyl adjacent to an activating group) is 1. The van der Waals surface area contributed by atoms with Crippen LogP contribution in [0.5, 0.6) is 0 Å². The van der Waals surface area contributed by atoms with E-state index >= 15 is 0 Å². The van der Waals surface area contributed by atoms with Gasteiger partial charge in [0.05, 0.1) is 0 Å². The second-order valence-corrected chi connectivity index (χ2v) is 3.34. The lowest BCUT2D eigenvalue weighted by molar-refractivity contribution is 0.136. The fraction of sp³-hybridized carbons (Fsp3) is 0.900. The molecule has 4 heteroatoms. The maximum Gasteiger partial charge on any atom is 0.407 e. The summed E-state index contributed by atoms with van der Waals surface area (Å²) in [5, 5.41) is 5.86. The first-order valence-electron chi connectivity index (χ1n) is 5.34. The summed E-state index contributed by atoms with van der Waals surface area (Å²) in [5.41, 5.74) is 0. The highest BCUT2D eigenvalue weighted by Gasteiger charge is 2.04. The SMILES string of the molecule is CCCCNC(=O)OCC(C)NCC. The summed E-state index contributed by atoms with van der Waals surface area (Å²) in [6.07, 6.45) is 1.76. The van der Waals surface area contributed by atoms with Gasteiger partial charge in [0, 0.05) is 12.6 Å². The van der Waals surface area contributed by atoms with Crippen LogP contribution in [-0.2, 0) is 4.74 Å². The van der Waals surface area contributed by atoms with Crippen LogP contribution in [0.4, 0.5) is 4.79 Å². The van der Waals surface area contributed by atoms with E-state index in [1.807, 2.05) is 13.8 Å². The lowest BCUT2D eigenvalue weighted by atomic mass is 10.3. The lowest BCUT2D eigenvalue weighted by Gasteiger charge is -2.12. The zero-order valence-corrected chi connectivity index (χ0v) is 9.43. The molecule has 0 rings (SSSR count). The monoisotopic (exact) mass is 202 g/mol. The number of nitrogens with one attached hydrogen (secondary N) is 2. The summed E-state index contributed by atoms with van der Waals surface area (Å²) in [6, 6.07) is 0.219. The number of alkyl carbamates (subject to hydrolysis) is 1. The van der Waals surface area contributed by atoms with E-state index in [4.69, 9.17) is 4.74 Å². The van der Waals surface area contributed by atoms with Crippen molar-refractivity contribution in [3.63, 3.8) is 0 Å². The molecule has 84 valence electrons. The number of carbonyl (C=O) groups excluding carboxylic acids is 1.